The summed E-state index contributed by atoms with van der Waals surface area (Å²) in [5.74, 6) is -0.553. The van der Waals surface area contributed by atoms with Crippen LogP contribution < -0.4 is 5.32 Å². The monoisotopic (exact) mass is 431 g/mol. The number of nitrogens with one attached hydrogen (secondary N) is 1. The van der Waals surface area contributed by atoms with Gasteiger partial charge >= 0.3 is 5.97 Å². The molecule has 0 fully saturated rings. The van der Waals surface area contributed by atoms with Gasteiger partial charge in [-0.15, -0.1) is 0 Å². The summed E-state index contributed by atoms with van der Waals surface area (Å²) < 4.78 is 5.43. The maximum Gasteiger partial charge on any atom is 0.328 e. The first-order valence-electron chi connectivity index (χ1n) is 12.6. The van der Waals surface area contributed by atoms with Gasteiger partial charge in [-0.25, -0.2) is 4.79 Å². The van der Waals surface area contributed by atoms with Crippen molar-refractivity contribution < 1.29 is 14.3 Å². The molecule has 0 heterocycles. The Morgan fingerprint density at radius 1 is 0.774 bits per heavy atom. The summed E-state index contributed by atoms with van der Waals surface area (Å²) in [7, 11) is 0. The van der Waals surface area contributed by atoms with E-state index in [9.17, 15) is 9.59 Å². The van der Waals surface area contributed by atoms with Gasteiger partial charge in [0.2, 0.25) is 5.91 Å². The highest BCUT2D eigenvalue weighted by molar-refractivity contribution is 5.83. The summed E-state index contributed by atoms with van der Waals surface area (Å²) in [5, 5.41) is 2.72. The Bertz CT molecular complexity index is 573. The van der Waals surface area contributed by atoms with Crippen LogP contribution in [0.15, 0.2) is 30.3 Å². The number of amides is 1. The normalized spacial score (nSPS) is 11.8. The van der Waals surface area contributed by atoms with E-state index in [4.69, 9.17) is 4.74 Å². The molecule has 31 heavy (non-hydrogen) atoms. The molecule has 1 aromatic rings. The van der Waals surface area contributed by atoms with Crippen LogP contribution in [-0.2, 0) is 20.7 Å². The quantitative estimate of drug-likeness (QED) is 0.194. The number of hydrogen-bond acceptors (Lipinski definition) is 3. The molecule has 176 valence electrons. The van der Waals surface area contributed by atoms with Crippen LogP contribution in [0.2, 0.25) is 0 Å². The fourth-order valence-corrected chi connectivity index (χ4v) is 3.86. The first-order chi connectivity index (χ1) is 15.1. The molecule has 4 nitrogen and oxygen atoms in total. The molecule has 1 aromatic carbocycles. The lowest BCUT2D eigenvalue weighted by Gasteiger charge is -2.17. The fourth-order valence-electron chi connectivity index (χ4n) is 3.86. The van der Waals surface area contributed by atoms with E-state index in [0.717, 1.165) is 18.4 Å². The maximum absolute atomic E-state index is 12.4. The van der Waals surface area contributed by atoms with Crippen molar-refractivity contribution in [2.45, 2.75) is 116 Å². The molecule has 1 atom stereocenters. The molecule has 0 bridgehead atoms. The smallest absolute Gasteiger partial charge is 0.328 e. The van der Waals surface area contributed by atoms with E-state index in [1.165, 1.54) is 84.0 Å². The Balaban J connectivity index is 2.01. The van der Waals surface area contributed by atoms with E-state index in [0.29, 0.717) is 13.0 Å². The van der Waals surface area contributed by atoms with E-state index in [1.54, 1.807) is 0 Å². The van der Waals surface area contributed by atoms with Crippen molar-refractivity contribution in [1.29, 1.82) is 0 Å². The number of unbranched alkanes of at least 4 members (excludes halogenated alkanes) is 13. The van der Waals surface area contributed by atoms with Crippen LogP contribution in [0, 0.1) is 0 Å². The van der Waals surface area contributed by atoms with Crippen molar-refractivity contribution in [3.63, 3.8) is 0 Å². The lowest BCUT2D eigenvalue weighted by Crippen LogP contribution is -2.42. The average Bonchev–Trinajstić information content (AvgIpc) is 2.76. The van der Waals surface area contributed by atoms with Crippen LogP contribution in [0.25, 0.3) is 0 Å². The van der Waals surface area contributed by atoms with Crippen LogP contribution in [0.4, 0.5) is 0 Å². The maximum atomic E-state index is 12.4. The number of rotatable bonds is 19. The molecule has 1 unspecified atom stereocenters. The van der Waals surface area contributed by atoms with Crippen molar-refractivity contribution in [3.8, 4) is 0 Å². The van der Waals surface area contributed by atoms with Crippen LogP contribution in [0.3, 0.4) is 0 Å². The summed E-state index contributed by atoms with van der Waals surface area (Å²) in [6, 6.07) is 9.09. The van der Waals surface area contributed by atoms with Crippen molar-refractivity contribution in [2.24, 2.45) is 0 Å². The Labute approximate surface area is 190 Å². The second-order valence-electron chi connectivity index (χ2n) is 8.71. The summed E-state index contributed by atoms with van der Waals surface area (Å²) >= 11 is 0. The number of carbonyl (C=O) groups is 2. The van der Waals surface area contributed by atoms with Gasteiger partial charge in [-0.05, 0) is 12.0 Å². The molecule has 0 radical (unpaired) electrons. The summed E-state index contributed by atoms with van der Waals surface area (Å²) in [6.07, 6.45) is 18.7. The predicted molar refractivity (Wildman–Crippen MR) is 129 cm³/mol. The Kier molecular flexibility index (Phi) is 16.6. The van der Waals surface area contributed by atoms with Gasteiger partial charge in [0, 0.05) is 13.3 Å². The van der Waals surface area contributed by atoms with Gasteiger partial charge in [0.25, 0.3) is 0 Å². The Morgan fingerprint density at radius 3 is 1.74 bits per heavy atom. The zero-order valence-corrected chi connectivity index (χ0v) is 20.0. The third-order valence-electron chi connectivity index (χ3n) is 5.69. The minimum absolute atomic E-state index is 0.214. The van der Waals surface area contributed by atoms with Gasteiger partial charge in [-0.3, -0.25) is 4.79 Å². The van der Waals surface area contributed by atoms with Crippen molar-refractivity contribution >= 4 is 11.9 Å². The highest BCUT2D eigenvalue weighted by atomic mass is 16.5. The molecule has 4 heteroatoms. The fraction of sp³-hybridized carbons (Fsp3) is 0.704. The Morgan fingerprint density at radius 2 is 1.26 bits per heavy atom. The third kappa shape index (κ3) is 15.6. The van der Waals surface area contributed by atoms with E-state index in [2.05, 4.69) is 12.2 Å². The molecular formula is C27H45NO3. The standard InChI is InChI=1S/C27H45NO3/c1-3-4-5-6-7-8-9-10-11-12-13-14-15-19-22-31-27(30)26(28-24(2)29)23-25-20-17-16-18-21-25/h16-18,20-21,26H,3-15,19,22-23H2,1-2H3,(H,28,29). The Hall–Kier alpha value is -1.84. The second-order valence-corrected chi connectivity index (χ2v) is 8.71. The minimum atomic E-state index is -0.619. The molecule has 0 aliphatic carbocycles. The van der Waals surface area contributed by atoms with Crippen LogP contribution >= 0.6 is 0 Å². The van der Waals surface area contributed by atoms with E-state index < -0.39 is 6.04 Å². The van der Waals surface area contributed by atoms with Gasteiger partial charge in [0.05, 0.1) is 6.61 Å². The van der Waals surface area contributed by atoms with Crippen LogP contribution in [0.1, 0.15) is 109 Å². The van der Waals surface area contributed by atoms with Crippen LogP contribution in [-0.4, -0.2) is 24.5 Å². The summed E-state index contributed by atoms with van der Waals surface area (Å²) in [4.78, 5) is 23.8. The second kappa shape index (κ2) is 18.9. The number of carbonyl (C=O) groups excluding carboxylic acids is 2. The van der Waals surface area contributed by atoms with E-state index in [1.807, 2.05) is 30.3 Å². The SMILES string of the molecule is CCCCCCCCCCCCCCCCOC(=O)C(Cc1ccccc1)NC(C)=O. The number of ether oxygens (including phenoxy) is 1. The van der Waals surface area contributed by atoms with E-state index in [-0.39, 0.29) is 11.9 Å². The molecule has 1 N–H and O–H groups in total. The van der Waals surface area contributed by atoms with Gasteiger partial charge in [-0.2, -0.15) is 0 Å². The highest BCUT2D eigenvalue weighted by Crippen LogP contribution is 2.13. The first-order valence-corrected chi connectivity index (χ1v) is 12.6. The largest absolute Gasteiger partial charge is 0.464 e. The topological polar surface area (TPSA) is 55.4 Å². The molecule has 0 spiro atoms. The first kappa shape index (κ1) is 27.2. The van der Waals surface area contributed by atoms with Crippen molar-refractivity contribution in [2.75, 3.05) is 6.61 Å². The number of benzene rings is 1. The van der Waals surface area contributed by atoms with E-state index >= 15 is 0 Å². The lowest BCUT2D eigenvalue weighted by atomic mass is 10.0. The molecule has 0 saturated carbocycles. The third-order valence-corrected chi connectivity index (χ3v) is 5.69. The molecule has 0 aromatic heterocycles. The van der Waals surface area contributed by atoms with Gasteiger partial charge in [-0.1, -0.05) is 121 Å². The zero-order valence-electron chi connectivity index (χ0n) is 20.0. The van der Waals surface area contributed by atoms with Crippen molar-refractivity contribution in [3.05, 3.63) is 35.9 Å². The minimum Gasteiger partial charge on any atom is -0.464 e. The number of esters is 1. The summed E-state index contributed by atoms with van der Waals surface area (Å²) in [6.45, 7) is 4.13. The molecule has 1 amide bonds. The average molecular weight is 432 g/mol. The van der Waals surface area contributed by atoms with Gasteiger partial charge < -0.3 is 10.1 Å². The van der Waals surface area contributed by atoms with Crippen molar-refractivity contribution in [1.82, 2.24) is 5.32 Å². The molecule has 0 aliphatic heterocycles. The predicted octanol–water partition coefficient (Wildman–Crippen LogP) is 6.76. The molecule has 1 rings (SSSR count). The highest BCUT2D eigenvalue weighted by Gasteiger charge is 2.21. The summed E-state index contributed by atoms with van der Waals surface area (Å²) in [5.41, 5.74) is 1.01. The lowest BCUT2D eigenvalue weighted by molar-refractivity contribution is -0.147. The zero-order chi connectivity index (χ0) is 22.6. The van der Waals surface area contributed by atoms with Crippen LogP contribution in [0.5, 0.6) is 0 Å². The van der Waals surface area contributed by atoms with Gasteiger partial charge in [0.15, 0.2) is 0 Å². The molecular weight excluding hydrogens is 386 g/mol. The van der Waals surface area contributed by atoms with Gasteiger partial charge in [0.1, 0.15) is 6.04 Å². The molecule has 0 aliphatic rings. The number of hydrogen-bond donors (Lipinski definition) is 1. The molecule has 0 saturated heterocycles.